The number of hydrogen-bond donors (Lipinski definition) is 3. The number of carboxylic acid groups (broad SMARTS) is 1. The molecule has 29 heavy (non-hydrogen) atoms. The molecule has 2 unspecified atom stereocenters. The van der Waals surface area contributed by atoms with Crippen molar-refractivity contribution in [3.63, 3.8) is 0 Å². The van der Waals surface area contributed by atoms with Crippen LogP contribution in [0.25, 0.3) is 0 Å². The van der Waals surface area contributed by atoms with Crippen molar-refractivity contribution in [2.75, 3.05) is 11.9 Å². The average molecular weight is 424 g/mol. The van der Waals surface area contributed by atoms with Crippen LogP contribution in [0.15, 0.2) is 18.2 Å². The Labute approximate surface area is 181 Å². The van der Waals surface area contributed by atoms with Crippen molar-refractivity contribution in [3.05, 3.63) is 28.8 Å². The van der Waals surface area contributed by atoms with E-state index in [1.807, 2.05) is 6.07 Å². The number of fused-ring (bicyclic) bond motifs is 1. The third kappa shape index (κ3) is 6.89. The summed E-state index contributed by atoms with van der Waals surface area (Å²) in [7, 11) is 0. The van der Waals surface area contributed by atoms with Gasteiger partial charge in [0.15, 0.2) is 0 Å². The highest BCUT2D eigenvalue weighted by molar-refractivity contribution is 6.32. The lowest BCUT2D eigenvalue weighted by atomic mass is 9.79. The smallest absolute Gasteiger partial charge is 0.309 e. The van der Waals surface area contributed by atoms with Gasteiger partial charge < -0.3 is 15.5 Å². The molecular formula is C24H38ClNO3. The van der Waals surface area contributed by atoms with Crippen LogP contribution >= 0.6 is 11.6 Å². The van der Waals surface area contributed by atoms with Crippen LogP contribution in [0.2, 0.25) is 5.02 Å². The minimum absolute atomic E-state index is 0.196. The van der Waals surface area contributed by atoms with Gasteiger partial charge in [0.2, 0.25) is 0 Å². The second-order valence-corrected chi connectivity index (χ2v) is 8.92. The number of rotatable bonds is 15. The Morgan fingerprint density at radius 3 is 2.14 bits per heavy atom. The fraction of sp³-hybridized carbons (Fsp3) is 0.708. The largest absolute Gasteiger partial charge is 0.481 e. The van der Waals surface area contributed by atoms with E-state index in [2.05, 4.69) is 12.2 Å². The number of aliphatic carboxylic acids is 1. The van der Waals surface area contributed by atoms with Gasteiger partial charge in [0, 0.05) is 22.8 Å². The van der Waals surface area contributed by atoms with Crippen molar-refractivity contribution in [2.24, 2.45) is 5.92 Å². The topological polar surface area (TPSA) is 69.6 Å². The Bertz CT molecular complexity index is 637. The third-order valence-electron chi connectivity index (χ3n) is 6.22. The van der Waals surface area contributed by atoms with Crippen LogP contribution < -0.4 is 5.32 Å². The molecular weight excluding hydrogens is 386 g/mol. The number of hydrogen-bond acceptors (Lipinski definition) is 3. The third-order valence-corrected chi connectivity index (χ3v) is 6.53. The van der Waals surface area contributed by atoms with Gasteiger partial charge in [0.05, 0.1) is 5.92 Å². The number of anilines is 1. The molecule has 4 nitrogen and oxygen atoms in total. The lowest BCUT2D eigenvalue weighted by Gasteiger charge is -2.30. The predicted octanol–water partition coefficient (Wildman–Crippen LogP) is 6.75. The Balaban J connectivity index is 1.68. The summed E-state index contributed by atoms with van der Waals surface area (Å²) in [6.07, 6.45) is 15.3. The monoisotopic (exact) mass is 423 g/mol. The molecule has 0 aromatic heterocycles. The van der Waals surface area contributed by atoms with Crippen molar-refractivity contribution in [1.82, 2.24) is 0 Å². The summed E-state index contributed by atoms with van der Waals surface area (Å²) in [5.74, 6) is -1.80. The summed E-state index contributed by atoms with van der Waals surface area (Å²) >= 11 is 6.29. The van der Waals surface area contributed by atoms with Crippen LogP contribution in [0, 0.1) is 5.92 Å². The van der Waals surface area contributed by atoms with E-state index in [4.69, 9.17) is 11.6 Å². The Hall–Kier alpha value is -1.26. The molecule has 2 rings (SSSR count). The van der Waals surface area contributed by atoms with E-state index >= 15 is 0 Å². The van der Waals surface area contributed by atoms with Crippen LogP contribution in [0.1, 0.15) is 96.0 Å². The summed E-state index contributed by atoms with van der Waals surface area (Å²) < 4.78 is 0. The Kier molecular flexibility index (Phi) is 10.3. The summed E-state index contributed by atoms with van der Waals surface area (Å²) in [5.41, 5.74) is -0.175. The van der Waals surface area contributed by atoms with Gasteiger partial charge in [-0.3, -0.25) is 4.79 Å². The molecule has 5 heteroatoms. The van der Waals surface area contributed by atoms with Crippen molar-refractivity contribution in [1.29, 1.82) is 0 Å². The molecule has 1 aliphatic rings. The second kappa shape index (κ2) is 12.4. The van der Waals surface area contributed by atoms with Crippen LogP contribution in [-0.2, 0) is 10.4 Å². The van der Waals surface area contributed by atoms with Crippen molar-refractivity contribution in [3.8, 4) is 0 Å². The first-order valence-corrected chi connectivity index (χ1v) is 11.9. The van der Waals surface area contributed by atoms with E-state index in [-0.39, 0.29) is 6.54 Å². The minimum Gasteiger partial charge on any atom is -0.481 e. The van der Waals surface area contributed by atoms with E-state index in [1.165, 1.54) is 57.8 Å². The van der Waals surface area contributed by atoms with Gasteiger partial charge in [0.1, 0.15) is 5.60 Å². The van der Waals surface area contributed by atoms with Crippen LogP contribution in [0.3, 0.4) is 0 Å². The molecule has 1 aromatic rings. The zero-order valence-electron chi connectivity index (χ0n) is 17.9. The van der Waals surface area contributed by atoms with E-state index in [1.54, 1.807) is 12.1 Å². The van der Waals surface area contributed by atoms with E-state index in [0.29, 0.717) is 17.0 Å². The normalized spacial score (nSPS) is 19.0. The van der Waals surface area contributed by atoms with Gasteiger partial charge in [-0.25, -0.2) is 0 Å². The molecule has 1 heterocycles. The predicted molar refractivity (Wildman–Crippen MR) is 121 cm³/mol. The maximum absolute atomic E-state index is 11.9. The summed E-state index contributed by atoms with van der Waals surface area (Å²) in [4.78, 5) is 11.9. The number of benzene rings is 1. The lowest BCUT2D eigenvalue weighted by molar-refractivity contribution is -0.152. The minimum atomic E-state index is -1.45. The molecule has 3 N–H and O–H groups in total. The van der Waals surface area contributed by atoms with Gasteiger partial charge in [-0.15, -0.1) is 0 Å². The summed E-state index contributed by atoms with van der Waals surface area (Å²) in [6.45, 7) is 2.44. The maximum Gasteiger partial charge on any atom is 0.309 e. The molecule has 164 valence electrons. The summed E-state index contributed by atoms with van der Waals surface area (Å²) in [5, 5.41) is 24.5. The highest BCUT2D eigenvalue weighted by Gasteiger charge is 2.48. The first kappa shape index (κ1) is 24.0. The Morgan fingerprint density at radius 2 is 1.59 bits per heavy atom. The zero-order valence-corrected chi connectivity index (χ0v) is 18.6. The molecule has 1 aliphatic heterocycles. The molecule has 0 amide bonds. The quantitative estimate of drug-likeness (QED) is 0.273. The SMILES string of the molecule is CCCCCCCCCCCCCCC(C(=O)O)C1(O)CNc2cccc(Cl)c21. The second-order valence-electron chi connectivity index (χ2n) is 8.51. The number of carboxylic acids is 1. The fourth-order valence-electron chi connectivity index (χ4n) is 4.48. The number of aliphatic hydroxyl groups is 1. The highest BCUT2D eigenvalue weighted by Crippen LogP contribution is 2.45. The maximum atomic E-state index is 11.9. The zero-order chi connectivity index (χ0) is 21.1. The lowest BCUT2D eigenvalue weighted by Crippen LogP contribution is -2.41. The first-order valence-electron chi connectivity index (χ1n) is 11.5. The van der Waals surface area contributed by atoms with E-state index in [9.17, 15) is 15.0 Å². The summed E-state index contributed by atoms with van der Waals surface area (Å²) in [6, 6.07) is 5.35. The van der Waals surface area contributed by atoms with Gasteiger partial charge in [-0.2, -0.15) is 0 Å². The molecule has 0 spiro atoms. The van der Waals surface area contributed by atoms with Gasteiger partial charge in [0.25, 0.3) is 0 Å². The van der Waals surface area contributed by atoms with Gasteiger partial charge in [-0.1, -0.05) is 102 Å². The highest BCUT2D eigenvalue weighted by atomic mass is 35.5. The van der Waals surface area contributed by atoms with Gasteiger partial charge in [-0.05, 0) is 18.6 Å². The average Bonchev–Trinajstić information content (AvgIpc) is 3.04. The molecule has 0 saturated heterocycles. The van der Waals surface area contributed by atoms with Gasteiger partial charge >= 0.3 is 5.97 Å². The standard InChI is InChI=1S/C24H38ClNO3/c1-2-3-4-5-6-7-8-9-10-11-12-13-15-19(23(27)28)24(29)18-26-21-17-14-16-20(25)22(21)24/h14,16-17,19,26,29H,2-13,15,18H2,1H3,(H,27,28). The van der Waals surface area contributed by atoms with Crippen molar-refractivity contribution < 1.29 is 15.0 Å². The number of β-amino-alcohol motifs (C(OH)–C–C–N with tert-alkyl or cyclic N) is 1. The van der Waals surface area contributed by atoms with Crippen molar-refractivity contribution >= 4 is 23.3 Å². The molecule has 0 radical (unpaired) electrons. The first-order chi connectivity index (χ1) is 14.0. The molecule has 0 fully saturated rings. The van der Waals surface area contributed by atoms with Crippen molar-refractivity contribution in [2.45, 2.75) is 96.0 Å². The molecule has 0 aliphatic carbocycles. The van der Waals surface area contributed by atoms with E-state index < -0.39 is 17.5 Å². The van der Waals surface area contributed by atoms with Crippen LogP contribution in [0.5, 0.6) is 0 Å². The van der Waals surface area contributed by atoms with Crippen LogP contribution in [0.4, 0.5) is 5.69 Å². The molecule has 2 atom stereocenters. The molecule has 0 bridgehead atoms. The number of carbonyl (C=O) groups is 1. The molecule has 1 aromatic carbocycles. The van der Waals surface area contributed by atoms with E-state index in [0.717, 1.165) is 24.9 Å². The Morgan fingerprint density at radius 1 is 1.03 bits per heavy atom. The molecule has 0 saturated carbocycles. The number of nitrogens with one attached hydrogen (secondary N) is 1. The van der Waals surface area contributed by atoms with Crippen LogP contribution in [-0.4, -0.2) is 22.7 Å². The fourth-order valence-corrected chi connectivity index (χ4v) is 4.82. The number of halogens is 1. The number of unbranched alkanes of at least 4 members (excludes halogenated alkanes) is 11.